The van der Waals surface area contributed by atoms with E-state index in [1.165, 1.54) is 19.4 Å². The third-order valence-corrected chi connectivity index (χ3v) is 3.05. The second-order valence-electron chi connectivity index (χ2n) is 4.37. The molecular formula is C11H24N2O2. The Morgan fingerprint density at radius 2 is 2.27 bits per heavy atom. The van der Waals surface area contributed by atoms with Crippen molar-refractivity contribution in [2.24, 2.45) is 0 Å². The van der Waals surface area contributed by atoms with E-state index in [4.69, 9.17) is 9.84 Å². The molecule has 1 unspecified atom stereocenters. The quantitative estimate of drug-likeness (QED) is 0.635. The molecule has 0 amide bonds. The van der Waals surface area contributed by atoms with Gasteiger partial charge < -0.3 is 14.7 Å². The van der Waals surface area contributed by atoms with Crippen LogP contribution in [0.3, 0.4) is 0 Å². The van der Waals surface area contributed by atoms with E-state index in [0.29, 0.717) is 12.6 Å². The maximum Gasteiger partial charge on any atom is 0.0698 e. The van der Waals surface area contributed by atoms with E-state index < -0.39 is 0 Å². The third-order valence-electron chi connectivity index (χ3n) is 3.05. The number of likely N-dealkylation sites (tertiary alicyclic amines) is 1. The minimum absolute atomic E-state index is 0.121. The van der Waals surface area contributed by atoms with Crippen molar-refractivity contribution in [3.63, 3.8) is 0 Å². The Balaban J connectivity index is 2.12. The molecule has 0 aromatic heterocycles. The van der Waals surface area contributed by atoms with Crippen LogP contribution in [-0.2, 0) is 4.74 Å². The summed E-state index contributed by atoms with van der Waals surface area (Å²) >= 11 is 0. The van der Waals surface area contributed by atoms with Crippen molar-refractivity contribution in [1.29, 1.82) is 0 Å². The Labute approximate surface area is 92.8 Å². The molecule has 1 rings (SSSR count). The summed E-state index contributed by atoms with van der Waals surface area (Å²) < 4.78 is 5.27. The highest BCUT2D eigenvalue weighted by molar-refractivity contribution is 4.77. The summed E-state index contributed by atoms with van der Waals surface area (Å²) in [7, 11) is 4.34. The molecule has 0 radical (unpaired) electrons. The third kappa shape index (κ3) is 4.93. The highest BCUT2D eigenvalue weighted by Gasteiger charge is 2.20. The number of aliphatic hydroxyl groups is 1. The fourth-order valence-corrected chi connectivity index (χ4v) is 2.06. The van der Waals surface area contributed by atoms with E-state index >= 15 is 0 Å². The van der Waals surface area contributed by atoms with Gasteiger partial charge in [0.05, 0.1) is 19.8 Å². The molecule has 1 saturated heterocycles. The first-order valence-electron chi connectivity index (χ1n) is 5.81. The fraction of sp³-hybridized carbons (Fsp3) is 1.00. The van der Waals surface area contributed by atoms with Gasteiger partial charge >= 0.3 is 0 Å². The molecule has 90 valence electrons. The van der Waals surface area contributed by atoms with E-state index in [0.717, 1.165) is 19.7 Å². The predicted molar refractivity (Wildman–Crippen MR) is 61.1 cm³/mol. The number of nitrogens with zero attached hydrogens (tertiary/aromatic N) is 2. The molecule has 4 nitrogen and oxygen atoms in total. The van der Waals surface area contributed by atoms with E-state index in [1.54, 1.807) is 0 Å². The van der Waals surface area contributed by atoms with Gasteiger partial charge in [-0.2, -0.15) is 0 Å². The Morgan fingerprint density at radius 3 is 2.93 bits per heavy atom. The number of aliphatic hydroxyl groups excluding tert-OH is 1. The van der Waals surface area contributed by atoms with E-state index in [-0.39, 0.29) is 6.61 Å². The molecule has 4 heteroatoms. The SMILES string of the molecule is CN1CCCC(N(C)CCOCCO)C1. The molecule has 0 aliphatic carbocycles. The minimum Gasteiger partial charge on any atom is -0.394 e. The first kappa shape index (κ1) is 12.9. The van der Waals surface area contributed by atoms with Gasteiger partial charge in [-0.3, -0.25) is 4.90 Å². The van der Waals surface area contributed by atoms with Crippen LogP contribution >= 0.6 is 0 Å². The highest BCUT2D eigenvalue weighted by Crippen LogP contribution is 2.12. The lowest BCUT2D eigenvalue weighted by Crippen LogP contribution is -2.45. The summed E-state index contributed by atoms with van der Waals surface area (Å²) in [5.41, 5.74) is 0. The molecule has 0 bridgehead atoms. The zero-order valence-corrected chi connectivity index (χ0v) is 9.98. The first-order valence-corrected chi connectivity index (χ1v) is 5.81. The molecule has 0 aromatic carbocycles. The van der Waals surface area contributed by atoms with Crippen molar-refractivity contribution in [3.05, 3.63) is 0 Å². The normalized spacial score (nSPS) is 23.6. The van der Waals surface area contributed by atoms with E-state index in [1.807, 2.05) is 0 Å². The van der Waals surface area contributed by atoms with Crippen LogP contribution in [0.4, 0.5) is 0 Å². The van der Waals surface area contributed by atoms with Crippen molar-refractivity contribution in [1.82, 2.24) is 9.80 Å². The van der Waals surface area contributed by atoms with Crippen LogP contribution in [0.2, 0.25) is 0 Å². The Morgan fingerprint density at radius 1 is 1.47 bits per heavy atom. The van der Waals surface area contributed by atoms with E-state index in [9.17, 15) is 0 Å². The van der Waals surface area contributed by atoms with Crippen LogP contribution in [0.15, 0.2) is 0 Å². The molecule has 0 spiro atoms. The molecule has 1 aliphatic heterocycles. The van der Waals surface area contributed by atoms with Gasteiger partial charge in [0, 0.05) is 19.1 Å². The van der Waals surface area contributed by atoms with Crippen molar-refractivity contribution in [2.45, 2.75) is 18.9 Å². The topological polar surface area (TPSA) is 35.9 Å². The van der Waals surface area contributed by atoms with Crippen LogP contribution < -0.4 is 0 Å². The summed E-state index contributed by atoms with van der Waals surface area (Å²) in [5, 5.41) is 8.57. The van der Waals surface area contributed by atoms with Gasteiger partial charge in [0.15, 0.2) is 0 Å². The number of ether oxygens (including phenoxy) is 1. The van der Waals surface area contributed by atoms with Crippen LogP contribution in [0, 0.1) is 0 Å². The number of hydrogen-bond donors (Lipinski definition) is 1. The van der Waals surface area contributed by atoms with Gasteiger partial charge in [-0.25, -0.2) is 0 Å². The predicted octanol–water partition coefficient (Wildman–Crippen LogP) is 0.0213. The Bertz CT molecular complexity index is 167. The summed E-state index contributed by atoms with van der Waals surface area (Å²) in [6.07, 6.45) is 2.59. The van der Waals surface area contributed by atoms with Gasteiger partial charge in [0.1, 0.15) is 0 Å². The van der Waals surface area contributed by atoms with Gasteiger partial charge in [-0.15, -0.1) is 0 Å². The maximum atomic E-state index is 8.57. The lowest BCUT2D eigenvalue weighted by Gasteiger charge is -2.35. The molecule has 1 aliphatic rings. The maximum absolute atomic E-state index is 8.57. The van der Waals surface area contributed by atoms with Crippen LogP contribution in [0.25, 0.3) is 0 Å². The molecule has 15 heavy (non-hydrogen) atoms. The highest BCUT2D eigenvalue weighted by atomic mass is 16.5. The van der Waals surface area contributed by atoms with Crippen LogP contribution in [-0.4, -0.2) is 74.5 Å². The van der Waals surface area contributed by atoms with Gasteiger partial charge in [-0.05, 0) is 33.5 Å². The number of piperidine rings is 1. The fourth-order valence-electron chi connectivity index (χ4n) is 2.06. The smallest absolute Gasteiger partial charge is 0.0698 e. The van der Waals surface area contributed by atoms with Gasteiger partial charge in [0.25, 0.3) is 0 Å². The molecule has 1 fully saturated rings. The average Bonchev–Trinajstić information content (AvgIpc) is 2.24. The average molecular weight is 216 g/mol. The molecule has 1 N–H and O–H groups in total. The lowest BCUT2D eigenvalue weighted by atomic mass is 10.1. The Kier molecular flexibility index (Phi) is 6.17. The monoisotopic (exact) mass is 216 g/mol. The molecule has 0 saturated carbocycles. The summed E-state index contributed by atoms with van der Waals surface area (Å²) in [6, 6.07) is 0.668. The van der Waals surface area contributed by atoms with Crippen molar-refractivity contribution < 1.29 is 9.84 Å². The largest absolute Gasteiger partial charge is 0.394 e. The first-order chi connectivity index (χ1) is 7.24. The Hall–Kier alpha value is -0.160. The second-order valence-corrected chi connectivity index (χ2v) is 4.37. The summed E-state index contributed by atoms with van der Waals surface area (Å²) in [5.74, 6) is 0. The number of rotatable bonds is 6. The van der Waals surface area contributed by atoms with Gasteiger partial charge in [-0.1, -0.05) is 0 Å². The zero-order chi connectivity index (χ0) is 11.1. The number of likely N-dealkylation sites (N-methyl/N-ethyl adjacent to an activating group) is 2. The number of hydrogen-bond acceptors (Lipinski definition) is 4. The molecule has 1 heterocycles. The van der Waals surface area contributed by atoms with Crippen LogP contribution in [0.5, 0.6) is 0 Å². The van der Waals surface area contributed by atoms with Crippen LogP contribution in [0.1, 0.15) is 12.8 Å². The van der Waals surface area contributed by atoms with E-state index in [2.05, 4.69) is 23.9 Å². The molecule has 0 aromatic rings. The van der Waals surface area contributed by atoms with Crippen molar-refractivity contribution in [3.8, 4) is 0 Å². The second kappa shape index (κ2) is 7.17. The summed E-state index contributed by atoms with van der Waals surface area (Å²) in [6.45, 7) is 4.64. The van der Waals surface area contributed by atoms with Gasteiger partial charge in [0.2, 0.25) is 0 Å². The summed E-state index contributed by atoms with van der Waals surface area (Å²) in [4.78, 5) is 4.76. The molecule has 1 atom stereocenters. The lowest BCUT2D eigenvalue weighted by molar-refractivity contribution is 0.0585. The standard InChI is InChI=1S/C11H24N2O2/c1-12-5-3-4-11(10-12)13(2)6-8-15-9-7-14/h11,14H,3-10H2,1-2H3. The van der Waals surface area contributed by atoms with Crippen molar-refractivity contribution >= 4 is 0 Å². The minimum atomic E-state index is 0.121. The molecular weight excluding hydrogens is 192 g/mol. The van der Waals surface area contributed by atoms with Crippen molar-refractivity contribution in [2.75, 3.05) is 53.6 Å². The zero-order valence-electron chi connectivity index (χ0n) is 9.98.